The Morgan fingerprint density at radius 1 is 1.09 bits per heavy atom. The Morgan fingerprint density at radius 2 is 1.82 bits per heavy atom. The van der Waals surface area contributed by atoms with Crippen molar-refractivity contribution in [3.05, 3.63) is 18.2 Å². The molecule has 0 spiro atoms. The Labute approximate surface area is 196 Å². The molecular formula is C22H33N3O6S2. The maximum Gasteiger partial charge on any atom is 0.242 e. The Morgan fingerprint density at radius 3 is 2.42 bits per heavy atom. The minimum absolute atomic E-state index is 0.0122. The van der Waals surface area contributed by atoms with Gasteiger partial charge in [-0.25, -0.2) is 21.6 Å². The molecule has 2 saturated carbocycles. The number of nitrogens with one attached hydrogen (secondary N) is 2. The van der Waals surface area contributed by atoms with E-state index in [9.17, 15) is 21.6 Å². The van der Waals surface area contributed by atoms with Crippen molar-refractivity contribution in [1.82, 2.24) is 9.62 Å². The van der Waals surface area contributed by atoms with Crippen LogP contribution >= 0.6 is 0 Å². The smallest absolute Gasteiger partial charge is 0.242 e. The predicted molar refractivity (Wildman–Crippen MR) is 126 cm³/mol. The zero-order valence-corrected chi connectivity index (χ0v) is 20.6. The average Bonchev–Trinajstić information content (AvgIpc) is 3.52. The summed E-state index contributed by atoms with van der Waals surface area (Å²) >= 11 is 0. The third-order valence-corrected chi connectivity index (χ3v) is 9.94. The van der Waals surface area contributed by atoms with E-state index < -0.39 is 19.9 Å². The third kappa shape index (κ3) is 5.99. The van der Waals surface area contributed by atoms with Crippen LogP contribution in [0.2, 0.25) is 0 Å². The number of nitrogens with zero attached hydrogens (tertiary/aromatic N) is 1. The Bertz CT molecular complexity index is 1080. The number of ether oxygens (including phenoxy) is 1. The lowest BCUT2D eigenvalue weighted by molar-refractivity contribution is -0.134. The zero-order valence-electron chi connectivity index (χ0n) is 19.0. The van der Waals surface area contributed by atoms with Gasteiger partial charge in [0.15, 0.2) is 9.84 Å². The van der Waals surface area contributed by atoms with E-state index in [0.717, 1.165) is 44.9 Å². The summed E-state index contributed by atoms with van der Waals surface area (Å²) in [7, 11) is -5.29. The first kappa shape index (κ1) is 24.3. The minimum Gasteiger partial charge on any atom is -0.495 e. The fraction of sp³-hybridized carbons (Fsp3) is 0.682. The molecule has 2 N–H and O–H groups in total. The van der Waals surface area contributed by atoms with E-state index in [-0.39, 0.29) is 47.0 Å². The van der Waals surface area contributed by atoms with Crippen molar-refractivity contribution >= 4 is 31.5 Å². The van der Waals surface area contributed by atoms with Gasteiger partial charge in [-0.3, -0.25) is 4.79 Å². The van der Waals surface area contributed by atoms with Gasteiger partial charge in [0.2, 0.25) is 15.9 Å². The highest BCUT2D eigenvalue weighted by molar-refractivity contribution is 7.91. The summed E-state index contributed by atoms with van der Waals surface area (Å²) in [5.74, 6) is 0.388. The van der Waals surface area contributed by atoms with Crippen molar-refractivity contribution in [3.63, 3.8) is 0 Å². The topological polar surface area (TPSA) is 122 Å². The normalized spacial score (nSPS) is 23.2. The summed E-state index contributed by atoms with van der Waals surface area (Å²) in [5, 5.41) is 3.05. The SMILES string of the molecule is COc1ccc(S(=O)(=O)NC2CC2)cc1NCC(=O)N(C1CCCCC1)C1CCS(=O)(=O)C1. The quantitative estimate of drug-likeness (QED) is 0.532. The lowest BCUT2D eigenvalue weighted by atomic mass is 9.93. The van der Waals surface area contributed by atoms with Gasteiger partial charge in [-0.1, -0.05) is 19.3 Å². The molecular weight excluding hydrogens is 466 g/mol. The van der Waals surface area contributed by atoms with E-state index in [1.54, 1.807) is 11.0 Å². The number of amides is 1. The average molecular weight is 500 g/mol. The summed E-state index contributed by atoms with van der Waals surface area (Å²) in [6, 6.07) is 4.25. The van der Waals surface area contributed by atoms with Crippen LogP contribution in [0.3, 0.4) is 0 Å². The molecule has 184 valence electrons. The molecule has 1 atom stereocenters. The minimum atomic E-state index is -3.65. The predicted octanol–water partition coefficient (Wildman–Crippen LogP) is 1.90. The fourth-order valence-electron chi connectivity index (χ4n) is 4.80. The van der Waals surface area contributed by atoms with E-state index in [4.69, 9.17) is 4.74 Å². The monoisotopic (exact) mass is 499 g/mol. The second kappa shape index (κ2) is 9.79. The highest BCUT2D eigenvalue weighted by Gasteiger charge is 2.38. The molecule has 0 radical (unpaired) electrons. The van der Waals surface area contributed by atoms with E-state index in [1.165, 1.54) is 19.2 Å². The first-order valence-corrected chi connectivity index (χ1v) is 14.9. The van der Waals surface area contributed by atoms with Gasteiger partial charge in [0.25, 0.3) is 0 Å². The number of methoxy groups -OCH3 is 1. The molecule has 4 rings (SSSR count). The van der Waals surface area contributed by atoms with Crippen LogP contribution in [0.5, 0.6) is 5.75 Å². The van der Waals surface area contributed by atoms with Crippen LogP contribution in [-0.2, 0) is 24.7 Å². The van der Waals surface area contributed by atoms with Gasteiger partial charge in [0.05, 0.1) is 35.7 Å². The standard InChI is InChI=1S/C22H33N3O6S2/c1-31-21-10-9-19(33(29,30)24-16-7-8-16)13-20(21)23-14-22(26)25(17-5-3-2-4-6-17)18-11-12-32(27,28)15-18/h9-10,13,16-18,23-24H,2-8,11-12,14-15H2,1H3. The van der Waals surface area contributed by atoms with E-state index in [0.29, 0.717) is 17.9 Å². The van der Waals surface area contributed by atoms with Gasteiger partial charge in [0.1, 0.15) is 5.75 Å². The third-order valence-electron chi connectivity index (χ3n) is 6.67. The molecule has 0 aromatic heterocycles. The van der Waals surface area contributed by atoms with Crippen LogP contribution in [0, 0.1) is 0 Å². The first-order chi connectivity index (χ1) is 15.7. The Balaban J connectivity index is 1.51. The molecule has 9 nitrogen and oxygen atoms in total. The van der Waals surface area contributed by atoms with Crippen LogP contribution < -0.4 is 14.8 Å². The molecule has 33 heavy (non-hydrogen) atoms. The van der Waals surface area contributed by atoms with Crippen LogP contribution in [-0.4, -0.2) is 70.9 Å². The number of carbonyl (C=O) groups excluding carboxylic acids is 1. The zero-order chi connectivity index (χ0) is 23.6. The van der Waals surface area contributed by atoms with Crippen LogP contribution in [0.1, 0.15) is 51.4 Å². The van der Waals surface area contributed by atoms with Crippen molar-refractivity contribution < 1.29 is 26.4 Å². The first-order valence-electron chi connectivity index (χ1n) is 11.6. The van der Waals surface area contributed by atoms with E-state index in [2.05, 4.69) is 10.0 Å². The van der Waals surface area contributed by atoms with Crippen molar-refractivity contribution in [2.24, 2.45) is 0 Å². The van der Waals surface area contributed by atoms with E-state index in [1.807, 2.05) is 0 Å². The van der Waals surface area contributed by atoms with Crippen LogP contribution in [0.4, 0.5) is 5.69 Å². The van der Waals surface area contributed by atoms with E-state index >= 15 is 0 Å². The van der Waals surface area contributed by atoms with Gasteiger partial charge in [-0.15, -0.1) is 0 Å². The summed E-state index contributed by atoms with van der Waals surface area (Å²) in [5.41, 5.74) is 0.409. The highest BCUT2D eigenvalue weighted by atomic mass is 32.2. The van der Waals surface area contributed by atoms with Crippen molar-refractivity contribution in [2.45, 2.75) is 74.4 Å². The number of benzene rings is 1. The lowest BCUT2D eigenvalue weighted by Gasteiger charge is -2.38. The van der Waals surface area contributed by atoms with Gasteiger partial charge >= 0.3 is 0 Å². The summed E-state index contributed by atoms with van der Waals surface area (Å²) in [4.78, 5) is 15.2. The fourth-order valence-corrected chi connectivity index (χ4v) is 7.84. The maximum absolute atomic E-state index is 13.3. The van der Waals surface area contributed by atoms with Gasteiger partial charge in [-0.05, 0) is 50.3 Å². The Kier molecular flexibility index (Phi) is 7.20. The van der Waals surface area contributed by atoms with Crippen molar-refractivity contribution in [1.29, 1.82) is 0 Å². The molecule has 1 saturated heterocycles. The molecule has 3 aliphatic rings. The number of carbonyl (C=O) groups is 1. The molecule has 1 amide bonds. The number of hydrogen-bond donors (Lipinski definition) is 2. The summed E-state index contributed by atoms with van der Waals surface area (Å²) in [6.45, 7) is -0.0665. The maximum atomic E-state index is 13.3. The molecule has 3 fully saturated rings. The number of rotatable bonds is 9. The van der Waals surface area contributed by atoms with Crippen molar-refractivity contribution in [3.8, 4) is 5.75 Å². The highest BCUT2D eigenvalue weighted by Crippen LogP contribution is 2.31. The largest absolute Gasteiger partial charge is 0.495 e. The van der Waals surface area contributed by atoms with Gasteiger partial charge in [-0.2, -0.15) is 0 Å². The molecule has 1 aliphatic heterocycles. The molecule has 1 aromatic carbocycles. The van der Waals surface area contributed by atoms with Gasteiger partial charge in [0, 0.05) is 18.1 Å². The Hall–Kier alpha value is -1.85. The molecule has 1 heterocycles. The lowest BCUT2D eigenvalue weighted by Crippen LogP contribution is -2.50. The molecule has 1 unspecified atom stereocenters. The molecule has 11 heteroatoms. The molecule has 2 aliphatic carbocycles. The molecule has 1 aromatic rings. The van der Waals surface area contributed by atoms with Crippen LogP contribution in [0.25, 0.3) is 0 Å². The number of sulfonamides is 1. The second-order valence-electron chi connectivity index (χ2n) is 9.26. The number of anilines is 1. The van der Waals surface area contributed by atoms with Gasteiger partial charge < -0.3 is 15.0 Å². The van der Waals surface area contributed by atoms with Crippen LogP contribution in [0.15, 0.2) is 23.1 Å². The number of sulfone groups is 1. The molecule has 0 bridgehead atoms. The second-order valence-corrected chi connectivity index (χ2v) is 13.2. The number of hydrogen-bond acceptors (Lipinski definition) is 7. The summed E-state index contributed by atoms with van der Waals surface area (Å²) in [6.07, 6.45) is 7.10. The summed E-state index contributed by atoms with van der Waals surface area (Å²) < 4.78 is 57.4. The van der Waals surface area contributed by atoms with Crippen molar-refractivity contribution in [2.75, 3.05) is 30.5 Å².